The van der Waals surface area contributed by atoms with E-state index in [1.54, 1.807) is 19.1 Å². The highest BCUT2D eigenvalue weighted by Gasteiger charge is 2.27. The predicted octanol–water partition coefficient (Wildman–Crippen LogP) is 2.48. The fourth-order valence-electron chi connectivity index (χ4n) is 1.73. The minimum Gasteiger partial charge on any atom is -0.389 e. The number of aliphatic hydroxyl groups is 1. The molecule has 0 radical (unpaired) electrons. The molecule has 0 amide bonds. The van der Waals surface area contributed by atoms with Crippen LogP contribution in [-0.4, -0.2) is 18.2 Å². The van der Waals surface area contributed by atoms with Gasteiger partial charge in [-0.15, -0.1) is 0 Å². The van der Waals surface area contributed by atoms with E-state index in [1.807, 2.05) is 11.9 Å². The van der Waals surface area contributed by atoms with E-state index in [1.165, 1.54) is 6.07 Å². The lowest BCUT2D eigenvalue weighted by Crippen LogP contribution is -2.20. The van der Waals surface area contributed by atoms with Crippen LogP contribution >= 0.6 is 0 Å². The highest BCUT2D eigenvalue weighted by Crippen LogP contribution is 2.32. The molecule has 0 spiro atoms. The van der Waals surface area contributed by atoms with Crippen molar-refractivity contribution in [3.05, 3.63) is 29.6 Å². The Morgan fingerprint density at radius 2 is 2.13 bits per heavy atom. The molecule has 0 aromatic heterocycles. The number of anilines is 1. The van der Waals surface area contributed by atoms with Gasteiger partial charge in [-0.25, -0.2) is 4.39 Å². The smallest absolute Gasteiger partial charge is 0.146 e. The summed E-state index contributed by atoms with van der Waals surface area (Å²) in [6, 6.07) is 5.44. The zero-order valence-corrected chi connectivity index (χ0v) is 9.07. The van der Waals surface area contributed by atoms with Gasteiger partial charge in [-0.05, 0) is 37.5 Å². The van der Waals surface area contributed by atoms with Crippen molar-refractivity contribution >= 4 is 5.69 Å². The number of hydrogen-bond acceptors (Lipinski definition) is 2. The van der Waals surface area contributed by atoms with Gasteiger partial charge in [-0.2, -0.15) is 0 Å². The largest absolute Gasteiger partial charge is 0.389 e. The maximum absolute atomic E-state index is 13.7. The summed E-state index contributed by atoms with van der Waals surface area (Å²) < 4.78 is 13.7. The molecule has 1 aliphatic rings. The van der Waals surface area contributed by atoms with Crippen molar-refractivity contribution in [3.8, 4) is 0 Å². The third kappa shape index (κ3) is 2.12. The molecule has 2 rings (SSSR count). The van der Waals surface area contributed by atoms with Gasteiger partial charge in [0.25, 0.3) is 0 Å². The van der Waals surface area contributed by atoms with Gasteiger partial charge in [-0.1, -0.05) is 6.07 Å². The number of benzene rings is 1. The van der Waals surface area contributed by atoms with E-state index in [4.69, 9.17) is 0 Å². The molecule has 0 unspecified atom stereocenters. The predicted molar refractivity (Wildman–Crippen MR) is 58.5 cm³/mol. The minimum atomic E-state index is -0.611. The van der Waals surface area contributed by atoms with Crippen molar-refractivity contribution in [2.45, 2.75) is 31.9 Å². The van der Waals surface area contributed by atoms with Crippen molar-refractivity contribution in [2.75, 3.05) is 11.9 Å². The van der Waals surface area contributed by atoms with Crippen molar-refractivity contribution in [1.29, 1.82) is 0 Å². The standard InChI is InChI=1S/C12H16FNO/c1-8(15)9-3-6-12(11(13)7-9)14(2)10-4-5-10/h3,6-8,10,15H,4-5H2,1-2H3/t8-/m1/s1. The van der Waals surface area contributed by atoms with Crippen LogP contribution in [0.25, 0.3) is 0 Å². The summed E-state index contributed by atoms with van der Waals surface area (Å²) in [6.07, 6.45) is 1.68. The Hall–Kier alpha value is -1.09. The first kappa shape index (κ1) is 10.4. The third-order valence-corrected chi connectivity index (χ3v) is 2.93. The van der Waals surface area contributed by atoms with Gasteiger partial charge in [0.05, 0.1) is 11.8 Å². The van der Waals surface area contributed by atoms with Crippen molar-refractivity contribution < 1.29 is 9.50 Å². The van der Waals surface area contributed by atoms with E-state index in [0.29, 0.717) is 17.3 Å². The number of halogens is 1. The second kappa shape index (κ2) is 3.81. The van der Waals surface area contributed by atoms with Gasteiger partial charge < -0.3 is 10.0 Å². The molecule has 1 N–H and O–H groups in total. The quantitative estimate of drug-likeness (QED) is 0.826. The van der Waals surface area contributed by atoms with Crippen LogP contribution in [0, 0.1) is 5.82 Å². The molecule has 82 valence electrons. The maximum atomic E-state index is 13.7. The second-order valence-electron chi connectivity index (χ2n) is 4.23. The summed E-state index contributed by atoms with van der Waals surface area (Å²) in [5.41, 5.74) is 1.25. The fourth-order valence-corrected chi connectivity index (χ4v) is 1.73. The first-order valence-corrected chi connectivity index (χ1v) is 5.30. The maximum Gasteiger partial charge on any atom is 0.146 e. The summed E-state index contributed by atoms with van der Waals surface area (Å²) in [6.45, 7) is 1.64. The number of rotatable bonds is 3. The highest BCUT2D eigenvalue weighted by molar-refractivity contribution is 5.50. The number of hydrogen-bond donors (Lipinski definition) is 1. The summed E-state index contributed by atoms with van der Waals surface area (Å²) in [5, 5.41) is 9.32. The average molecular weight is 209 g/mol. The van der Waals surface area contributed by atoms with E-state index in [2.05, 4.69) is 0 Å². The van der Waals surface area contributed by atoms with Crippen molar-refractivity contribution in [1.82, 2.24) is 0 Å². The van der Waals surface area contributed by atoms with Crippen LogP contribution in [0.2, 0.25) is 0 Å². The molecule has 0 heterocycles. The summed E-state index contributed by atoms with van der Waals surface area (Å²) in [5.74, 6) is -0.247. The molecule has 1 atom stereocenters. The molecular weight excluding hydrogens is 193 g/mol. The molecule has 3 heteroatoms. The van der Waals surface area contributed by atoms with Crippen LogP contribution in [0.15, 0.2) is 18.2 Å². The lowest BCUT2D eigenvalue weighted by molar-refractivity contribution is 0.199. The number of nitrogens with zero attached hydrogens (tertiary/aromatic N) is 1. The molecule has 1 aromatic rings. The van der Waals surface area contributed by atoms with Gasteiger partial charge in [0, 0.05) is 13.1 Å². The zero-order chi connectivity index (χ0) is 11.0. The number of aliphatic hydroxyl groups excluding tert-OH is 1. The van der Waals surface area contributed by atoms with Crippen LogP contribution in [0.5, 0.6) is 0 Å². The Kier molecular flexibility index (Phi) is 2.65. The molecule has 1 aliphatic carbocycles. The minimum absolute atomic E-state index is 0.247. The molecule has 15 heavy (non-hydrogen) atoms. The first-order valence-electron chi connectivity index (χ1n) is 5.30. The Balaban J connectivity index is 2.25. The van der Waals surface area contributed by atoms with Crippen LogP contribution in [0.3, 0.4) is 0 Å². The van der Waals surface area contributed by atoms with E-state index in [-0.39, 0.29) is 5.82 Å². The van der Waals surface area contributed by atoms with Crippen molar-refractivity contribution in [2.24, 2.45) is 0 Å². The summed E-state index contributed by atoms with van der Waals surface area (Å²) in [7, 11) is 1.91. The van der Waals surface area contributed by atoms with Gasteiger partial charge >= 0.3 is 0 Å². The topological polar surface area (TPSA) is 23.5 Å². The highest BCUT2D eigenvalue weighted by atomic mass is 19.1. The SMILES string of the molecule is C[C@@H](O)c1ccc(N(C)C2CC2)c(F)c1. The van der Waals surface area contributed by atoms with Gasteiger partial charge in [0.1, 0.15) is 5.82 Å². The monoisotopic (exact) mass is 209 g/mol. The van der Waals surface area contributed by atoms with Gasteiger partial charge in [0.2, 0.25) is 0 Å². The van der Waals surface area contributed by atoms with Crippen molar-refractivity contribution in [3.63, 3.8) is 0 Å². The van der Waals surface area contributed by atoms with Crippen LogP contribution in [0.4, 0.5) is 10.1 Å². The average Bonchev–Trinajstić information content (AvgIpc) is 2.99. The van der Waals surface area contributed by atoms with E-state index < -0.39 is 6.10 Å². The Morgan fingerprint density at radius 1 is 1.47 bits per heavy atom. The lowest BCUT2D eigenvalue weighted by atomic mass is 10.1. The van der Waals surface area contributed by atoms with E-state index in [0.717, 1.165) is 12.8 Å². The lowest BCUT2D eigenvalue weighted by Gasteiger charge is -2.20. The fraction of sp³-hybridized carbons (Fsp3) is 0.500. The zero-order valence-electron chi connectivity index (χ0n) is 9.07. The van der Waals surface area contributed by atoms with Gasteiger partial charge in [0.15, 0.2) is 0 Å². The van der Waals surface area contributed by atoms with Crippen LogP contribution in [-0.2, 0) is 0 Å². The molecule has 0 aliphatic heterocycles. The van der Waals surface area contributed by atoms with Crippen LogP contribution < -0.4 is 4.90 Å². The summed E-state index contributed by atoms with van der Waals surface area (Å²) in [4.78, 5) is 1.97. The molecular formula is C12H16FNO. The van der Waals surface area contributed by atoms with E-state index >= 15 is 0 Å². The molecule has 0 bridgehead atoms. The van der Waals surface area contributed by atoms with E-state index in [9.17, 15) is 9.50 Å². The molecule has 1 fully saturated rings. The Morgan fingerprint density at radius 3 is 2.60 bits per heavy atom. The van der Waals surface area contributed by atoms with Crippen LogP contribution in [0.1, 0.15) is 31.4 Å². The molecule has 2 nitrogen and oxygen atoms in total. The second-order valence-corrected chi connectivity index (χ2v) is 4.23. The molecule has 1 aromatic carbocycles. The normalized spacial score (nSPS) is 17.6. The summed E-state index contributed by atoms with van der Waals surface area (Å²) >= 11 is 0. The third-order valence-electron chi connectivity index (χ3n) is 2.93. The molecule has 0 saturated heterocycles. The molecule has 1 saturated carbocycles. The van der Waals surface area contributed by atoms with Gasteiger partial charge in [-0.3, -0.25) is 0 Å². The Bertz CT molecular complexity index is 361. The Labute approximate surface area is 89.3 Å². The first-order chi connectivity index (χ1) is 7.09.